The highest BCUT2D eigenvalue weighted by Gasteiger charge is 2.68. The second kappa shape index (κ2) is 11.5. The average molecular weight is 585 g/mol. The maximum atomic E-state index is 11.7. The van der Waals surface area contributed by atoms with Crippen LogP contribution in [0, 0.1) is 46.3 Å². The lowest BCUT2D eigenvalue weighted by Gasteiger charge is -2.65. The molecule has 0 radical (unpaired) electrons. The van der Waals surface area contributed by atoms with Gasteiger partial charge in [0.1, 0.15) is 18.3 Å². The summed E-state index contributed by atoms with van der Waals surface area (Å²) in [6.07, 6.45) is -0.575. The van der Waals surface area contributed by atoms with Gasteiger partial charge in [-0.05, 0) is 92.3 Å². The number of ether oxygens (including phenoxy) is 2. The standard InChI is InChI=1S/C32H56O9/c1-16(2)24(41-29-28(38)27(37)23(35)15-40-29)7-6-17(3)21-13-22(34)26-19-12-25(36)32(39)14-18(33)8-11-31(32,5)20(19)9-10-30(21,26)4/h16-29,33-39H,6-15H2,1-5H3/t17?,18-,19?,20?,21+,22-,23+,24-,25+,26?,27-,28+,29-,30+,31+,32-/m0/s1. The van der Waals surface area contributed by atoms with Crippen LogP contribution >= 0.6 is 0 Å². The number of fused-ring (bicyclic) bond motifs is 5. The van der Waals surface area contributed by atoms with Crippen LogP contribution in [0.1, 0.15) is 92.4 Å². The molecule has 4 unspecified atom stereocenters. The molecule has 7 N–H and O–H groups in total. The largest absolute Gasteiger partial charge is 0.393 e. The van der Waals surface area contributed by atoms with E-state index in [2.05, 4.69) is 34.6 Å². The van der Waals surface area contributed by atoms with Crippen molar-refractivity contribution in [3.63, 3.8) is 0 Å². The summed E-state index contributed by atoms with van der Waals surface area (Å²) in [5.74, 6) is 1.19. The van der Waals surface area contributed by atoms with Gasteiger partial charge in [0.2, 0.25) is 0 Å². The molecule has 1 saturated heterocycles. The van der Waals surface area contributed by atoms with E-state index in [0.29, 0.717) is 31.1 Å². The summed E-state index contributed by atoms with van der Waals surface area (Å²) in [7, 11) is 0. The van der Waals surface area contributed by atoms with Crippen LogP contribution in [0.2, 0.25) is 0 Å². The fourth-order valence-corrected chi connectivity index (χ4v) is 10.5. The van der Waals surface area contributed by atoms with Crippen molar-refractivity contribution in [1.29, 1.82) is 0 Å². The van der Waals surface area contributed by atoms with Crippen LogP contribution in [0.3, 0.4) is 0 Å². The van der Waals surface area contributed by atoms with Gasteiger partial charge in [-0.15, -0.1) is 0 Å². The van der Waals surface area contributed by atoms with Crippen molar-refractivity contribution in [1.82, 2.24) is 0 Å². The summed E-state index contributed by atoms with van der Waals surface area (Å²) >= 11 is 0. The minimum absolute atomic E-state index is 0.0624. The first-order valence-corrected chi connectivity index (χ1v) is 16.2. The fourth-order valence-electron chi connectivity index (χ4n) is 10.5. The third-order valence-corrected chi connectivity index (χ3v) is 13.0. The normalized spacial score (nSPS) is 53.3. The van der Waals surface area contributed by atoms with Crippen molar-refractivity contribution in [3.05, 3.63) is 0 Å². The molecule has 41 heavy (non-hydrogen) atoms. The van der Waals surface area contributed by atoms with Gasteiger partial charge >= 0.3 is 0 Å². The third kappa shape index (κ3) is 5.23. The minimum Gasteiger partial charge on any atom is -0.393 e. The van der Waals surface area contributed by atoms with Crippen LogP contribution in [-0.2, 0) is 9.47 Å². The molecule has 9 nitrogen and oxygen atoms in total. The fraction of sp³-hybridized carbons (Fsp3) is 1.00. The smallest absolute Gasteiger partial charge is 0.186 e. The topological polar surface area (TPSA) is 160 Å². The first-order valence-electron chi connectivity index (χ1n) is 16.2. The van der Waals surface area contributed by atoms with Crippen molar-refractivity contribution < 1.29 is 45.2 Å². The highest BCUT2D eigenvalue weighted by atomic mass is 16.7. The molecule has 5 rings (SSSR count). The Balaban J connectivity index is 1.27. The summed E-state index contributed by atoms with van der Waals surface area (Å²) in [6.45, 7) is 10.8. The van der Waals surface area contributed by atoms with Crippen molar-refractivity contribution in [2.45, 2.75) is 147 Å². The van der Waals surface area contributed by atoms with Crippen molar-refractivity contribution in [2.24, 2.45) is 46.3 Å². The molecule has 0 aromatic heterocycles. The summed E-state index contributed by atoms with van der Waals surface area (Å²) in [5, 5.41) is 75.2. The highest BCUT2D eigenvalue weighted by Crippen LogP contribution is 2.69. The Hall–Kier alpha value is -0.360. The predicted octanol–water partition coefficient (Wildman–Crippen LogP) is 1.96. The summed E-state index contributed by atoms with van der Waals surface area (Å²) in [6, 6.07) is 0. The Morgan fingerprint density at radius 2 is 1.59 bits per heavy atom. The lowest BCUT2D eigenvalue weighted by atomic mass is 9.42. The molecule has 1 heterocycles. The van der Waals surface area contributed by atoms with E-state index in [9.17, 15) is 35.7 Å². The first-order chi connectivity index (χ1) is 19.1. The summed E-state index contributed by atoms with van der Waals surface area (Å²) in [5.41, 5.74) is -1.83. The maximum Gasteiger partial charge on any atom is 0.186 e. The van der Waals surface area contributed by atoms with Gasteiger partial charge in [0.15, 0.2) is 6.29 Å². The molecule has 4 saturated carbocycles. The molecule has 1 aliphatic heterocycles. The van der Waals surface area contributed by atoms with E-state index in [4.69, 9.17) is 9.47 Å². The lowest BCUT2D eigenvalue weighted by Crippen LogP contribution is -2.69. The Morgan fingerprint density at radius 1 is 0.878 bits per heavy atom. The molecule has 0 bridgehead atoms. The zero-order valence-electron chi connectivity index (χ0n) is 25.6. The van der Waals surface area contributed by atoms with Gasteiger partial charge in [-0.2, -0.15) is 0 Å². The lowest BCUT2D eigenvalue weighted by molar-refractivity contribution is -0.287. The average Bonchev–Trinajstić information content (AvgIpc) is 3.18. The molecule has 238 valence electrons. The van der Waals surface area contributed by atoms with Crippen LogP contribution < -0.4 is 0 Å². The quantitative estimate of drug-likeness (QED) is 0.237. The van der Waals surface area contributed by atoms with Gasteiger partial charge in [-0.1, -0.05) is 34.6 Å². The van der Waals surface area contributed by atoms with E-state index in [1.807, 2.05) is 0 Å². The zero-order chi connectivity index (χ0) is 30.1. The molecule has 5 fully saturated rings. The Bertz CT molecular complexity index is 918. The predicted molar refractivity (Wildman–Crippen MR) is 151 cm³/mol. The molecule has 4 aliphatic carbocycles. The van der Waals surface area contributed by atoms with Crippen LogP contribution in [0.25, 0.3) is 0 Å². The van der Waals surface area contributed by atoms with E-state index in [1.165, 1.54) is 0 Å². The number of aliphatic hydroxyl groups excluding tert-OH is 6. The first kappa shape index (κ1) is 32.0. The number of aliphatic hydroxyl groups is 7. The Kier molecular flexibility index (Phi) is 9.01. The molecular formula is C32H56O9. The number of rotatable bonds is 7. The van der Waals surface area contributed by atoms with Gasteiger partial charge in [0.05, 0.1) is 36.6 Å². The summed E-state index contributed by atoms with van der Waals surface area (Å²) in [4.78, 5) is 0. The number of hydrogen-bond acceptors (Lipinski definition) is 9. The van der Waals surface area contributed by atoms with E-state index in [-0.39, 0.29) is 48.2 Å². The van der Waals surface area contributed by atoms with Gasteiger partial charge in [0.25, 0.3) is 0 Å². The van der Waals surface area contributed by atoms with Crippen molar-refractivity contribution >= 4 is 0 Å². The van der Waals surface area contributed by atoms with E-state index in [0.717, 1.165) is 32.1 Å². The van der Waals surface area contributed by atoms with E-state index >= 15 is 0 Å². The van der Waals surface area contributed by atoms with Gasteiger partial charge in [-0.25, -0.2) is 0 Å². The molecular weight excluding hydrogens is 528 g/mol. The summed E-state index contributed by atoms with van der Waals surface area (Å²) < 4.78 is 11.7. The van der Waals surface area contributed by atoms with Crippen molar-refractivity contribution in [3.8, 4) is 0 Å². The van der Waals surface area contributed by atoms with E-state index < -0.39 is 53.9 Å². The van der Waals surface area contributed by atoms with Crippen LogP contribution in [0.15, 0.2) is 0 Å². The monoisotopic (exact) mass is 584 g/mol. The number of hydrogen-bond donors (Lipinski definition) is 7. The third-order valence-electron chi connectivity index (χ3n) is 13.0. The molecule has 0 amide bonds. The molecule has 16 atom stereocenters. The molecule has 5 aliphatic rings. The van der Waals surface area contributed by atoms with Crippen LogP contribution in [0.5, 0.6) is 0 Å². The zero-order valence-corrected chi connectivity index (χ0v) is 25.6. The highest BCUT2D eigenvalue weighted by molar-refractivity contribution is 5.18. The van der Waals surface area contributed by atoms with Crippen LogP contribution in [-0.4, -0.2) is 97.0 Å². The SMILES string of the molecule is CC(C)[C@H](CCC(C)[C@H]1C[C@H](O)C2C3C[C@@H](O)[C@@]4(O)C[C@@H](O)CC[C@]4(C)C3CC[C@@]21C)O[C@@H]1OC[C@@H](O)[C@H](O)[C@H]1O. The molecule has 0 aromatic carbocycles. The van der Waals surface area contributed by atoms with Gasteiger partial charge in [-0.3, -0.25) is 0 Å². The second-order valence-electron chi connectivity index (χ2n) is 15.5. The maximum absolute atomic E-state index is 11.7. The molecule has 0 aromatic rings. The van der Waals surface area contributed by atoms with Crippen LogP contribution in [0.4, 0.5) is 0 Å². The van der Waals surface area contributed by atoms with Gasteiger partial charge < -0.3 is 45.2 Å². The van der Waals surface area contributed by atoms with Gasteiger partial charge in [0, 0.05) is 11.8 Å². The minimum atomic E-state index is -1.31. The van der Waals surface area contributed by atoms with Crippen molar-refractivity contribution in [2.75, 3.05) is 6.61 Å². The Labute approximate surface area is 245 Å². The molecule has 9 heteroatoms. The Morgan fingerprint density at radius 3 is 2.27 bits per heavy atom. The second-order valence-corrected chi connectivity index (χ2v) is 15.5. The molecule has 0 spiro atoms. The van der Waals surface area contributed by atoms with E-state index in [1.54, 1.807) is 0 Å².